The van der Waals surface area contributed by atoms with Crippen LogP contribution >= 0.6 is 0 Å². The summed E-state index contributed by atoms with van der Waals surface area (Å²) >= 11 is 0. The Bertz CT molecular complexity index is 563. The number of nitrogens with zero attached hydrogens (tertiary/aromatic N) is 1. The van der Waals surface area contributed by atoms with Gasteiger partial charge in [0, 0.05) is 6.54 Å². The summed E-state index contributed by atoms with van der Waals surface area (Å²) in [5.74, 6) is 0. The highest BCUT2D eigenvalue weighted by molar-refractivity contribution is 5.25. The maximum absolute atomic E-state index is 13.1. The zero-order valence-corrected chi connectivity index (χ0v) is 22.2. The summed E-state index contributed by atoms with van der Waals surface area (Å²) in [4.78, 5) is 2.39. The van der Waals surface area contributed by atoms with Crippen molar-refractivity contribution in [3.8, 4) is 0 Å². The Morgan fingerprint density at radius 1 is 0.588 bits per heavy atom. The number of rotatable bonds is 22. The molecule has 0 N–H and O–H groups in total. The summed E-state index contributed by atoms with van der Waals surface area (Å²) in [6, 6.07) is 5.90. The van der Waals surface area contributed by atoms with Gasteiger partial charge < -0.3 is 0 Å². The minimum Gasteiger partial charge on any atom is -0.299 e. The molecule has 0 heterocycles. The first-order chi connectivity index (χ1) is 16.5. The molecule has 0 spiro atoms. The van der Waals surface area contributed by atoms with Crippen LogP contribution in [0.1, 0.15) is 141 Å². The topological polar surface area (TPSA) is 3.24 Å². The van der Waals surface area contributed by atoms with E-state index in [4.69, 9.17) is 0 Å². The molecule has 0 radical (unpaired) electrons. The smallest absolute Gasteiger partial charge is 0.299 e. The molecule has 0 bridgehead atoms. The second-order valence-corrected chi connectivity index (χ2v) is 10.1. The van der Waals surface area contributed by atoms with Gasteiger partial charge in [-0.05, 0) is 37.6 Å². The lowest BCUT2D eigenvalue weighted by atomic mass is 10.1. The van der Waals surface area contributed by atoms with Crippen LogP contribution in [0.15, 0.2) is 24.3 Å². The molecule has 0 unspecified atom stereocenters. The van der Waals surface area contributed by atoms with Gasteiger partial charge in [0.1, 0.15) is 0 Å². The molecular weight excluding hydrogens is 431 g/mol. The van der Waals surface area contributed by atoms with E-state index in [0.717, 1.165) is 31.5 Å². The first-order valence-electron chi connectivity index (χ1n) is 14.4. The van der Waals surface area contributed by atoms with Crippen molar-refractivity contribution in [2.75, 3.05) is 13.1 Å². The predicted octanol–water partition coefficient (Wildman–Crippen LogP) is 10.6. The van der Waals surface area contributed by atoms with Crippen molar-refractivity contribution in [2.45, 2.75) is 142 Å². The summed E-state index contributed by atoms with van der Waals surface area (Å²) in [5, 5.41) is 0. The zero-order valence-electron chi connectivity index (χ0n) is 22.2. The number of hydrogen-bond acceptors (Lipinski definition) is 1. The molecule has 0 saturated heterocycles. The Hall–Kier alpha value is -1.03. The first-order valence-corrected chi connectivity index (χ1v) is 14.4. The van der Waals surface area contributed by atoms with Crippen LogP contribution in [0.3, 0.4) is 0 Å². The highest BCUT2D eigenvalue weighted by Crippen LogP contribution is 2.29. The van der Waals surface area contributed by atoms with Gasteiger partial charge in [0.05, 0.1) is 5.56 Å². The van der Waals surface area contributed by atoms with Crippen LogP contribution in [0, 0.1) is 0 Å². The maximum Gasteiger partial charge on any atom is 0.416 e. The van der Waals surface area contributed by atoms with E-state index in [1.807, 2.05) is 6.07 Å². The lowest BCUT2D eigenvalue weighted by Gasteiger charge is -2.23. The van der Waals surface area contributed by atoms with Crippen molar-refractivity contribution >= 4 is 0 Å². The van der Waals surface area contributed by atoms with Crippen molar-refractivity contribution in [2.24, 2.45) is 0 Å². The third-order valence-corrected chi connectivity index (χ3v) is 6.82. The fraction of sp³-hybridized carbons (Fsp3) is 0.800. The van der Waals surface area contributed by atoms with Crippen LogP contribution in [-0.4, -0.2) is 18.0 Å². The number of alkyl halides is 3. The van der Waals surface area contributed by atoms with E-state index < -0.39 is 11.7 Å². The molecule has 198 valence electrons. The highest BCUT2D eigenvalue weighted by Gasteiger charge is 2.30. The number of benzene rings is 1. The Kier molecular flexibility index (Phi) is 18.4. The third-order valence-electron chi connectivity index (χ3n) is 6.82. The van der Waals surface area contributed by atoms with Gasteiger partial charge in [-0.25, -0.2) is 0 Å². The van der Waals surface area contributed by atoms with Crippen molar-refractivity contribution in [1.82, 2.24) is 4.90 Å². The van der Waals surface area contributed by atoms with E-state index >= 15 is 0 Å². The van der Waals surface area contributed by atoms with Gasteiger partial charge in [-0.2, -0.15) is 13.2 Å². The fourth-order valence-electron chi connectivity index (χ4n) is 4.67. The Morgan fingerprint density at radius 3 is 1.41 bits per heavy atom. The average molecular weight is 484 g/mol. The molecule has 4 heteroatoms. The summed E-state index contributed by atoms with van der Waals surface area (Å²) in [5.41, 5.74) is 0.248. The quantitative estimate of drug-likeness (QED) is 0.148. The van der Waals surface area contributed by atoms with E-state index in [9.17, 15) is 13.2 Å². The molecule has 1 rings (SSSR count). The molecule has 0 aliphatic heterocycles. The molecular formula is C30H52F3N. The molecule has 1 aromatic carbocycles. The second-order valence-electron chi connectivity index (χ2n) is 10.1. The number of hydrogen-bond donors (Lipinski definition) is 0. The van der Waals surface area contributed by atoms with Crippen LogP contribution in [0.4, 0.5) is 13.2 Å². The number of halogens is 3. The van der Waals surface area contributed by atoms with Crippen molar-refractivity contribution < 1.29 is 13.2 Å². The molecule has 1 nitrogen and oxygen atoms in total. The minimum absolute atomic E-state index is 0.531. The molecule has 34 heavy (non-hydrogen) atoms. The summed E-state index contributed by atoms with van der Waals surface area (Å²) < 4.78 is 39.4. The molecule has 1 aromatic rings. The van der Waals surface area contributed by atoms with Crippen LogP contribution in [-0.2, 0) is 12.7 Å². The third kappa shape index (κ3) is 16.6. The Morgan fingerprint density at radius 2 is 1.00 bits per heavy atom. The highest BCUT2D eigenvalue weighted by atomic mass is 19.4. The maximum atomic E-state index is 13.1. The van der Waals surface area contributed by atoms with Crippen molar-refractivity contribution in [3.63, 3.8) is 0 Å². The Balaban J connectivity index is 2.38. The monoisotopic (exact) mass is 483 g/mol. The molecule has 0 amide bonds. The largest absolute Gasteiger partial charge is 0.416 e. The summed E-state index contributed by atoms with van der Waals surface area (Å²) in [7, 11) is 0. The van der Waals surface area contributed by atoms with Crippen LogP contribution in [0.2, 0.25) is 0 Å². The standard InChI is InChI=1S/C30H52F3N/c1-3-5-7-9-11-13-15-17-19-24-34(25-20-18-16-14-12-10-8-6-4-2)27-28-22-21-23-29(26-28)30(31,32)33/h21-23,26H,3-20,24-25,27H2,1-2H3. The van der Waals surface area contributed by atoms with Gasteiger partial charge in [-0.3, -0.25) is 4.90 Å². The molecule has 0 aliphatic carbocycles. The van der Waals surface area contributed by atoms with Crippen LogP contribution in [0.5, 0.6) is 0 Å². The summed E-state index contributed by atoms with van der Waals surface area (Å²) in [6.45, 7) is 7.10. The van der Waals surface area contributed by atoms with Crippen LogP contribution in [0.25, 0.3) is 0 Å². The first kappa shape index (κ1) is 31.0. The molecule has 0 fully saturated rings. The van der Waals surface area contributed by atoms with Crippen molar-refractivity contribution in [1.29, 1.82) is 0 Å². The van der Waals surface area contributed by atoms with Gasteiger partial charge in [0.2, 0.25) is 0 Å². The lowest BCUT2D eigenvalue weighted by Crippen LogP contribution is -2.26. The normalized spacial score (nSPS) is 12.1. The fourth-order valence-corrected chi connectivity index (χ4v) is 4.67. The summed E-state index contributed by atoms with van der Waals surface area (Å²) in [6.07, 6.45) is 19.1. The van der Waals surface area contributed by atoms with E-state index in [1.165, 1.54) is 115 Å². The van der Waals surface area contributed by atoms with Gasteiger partial charge in [-0.15, -0.1) is 0 Å². The predicted molar refractivity (Wildman–Crippen MR) is 141 cm³/mol. The molecule has 0 aliphatic rings. The van der Waals surface area contributed by atoms with Crippen LogP contribution < -0.4 is 0 Å². The van der Waals surface area contributed by atoms with E-state index in [2.05, 4.69) is 18.7 Å². The van der Waals surface area contributed by atoms with Gasteiger partial charge in [0.15, 0.2) is 0 Å². The van der Waals surface area contributed by atoms with E-state index in [0.29, 0.717) is 6.54 Å². The van der Waals surface area contributed by atoms with E-state index in [1.54, 1.807) is 6.07 Å². The van der Waals surface area contributed by atoms with E-state index in [-0.39, 0.29) is 0 Å². The van der Waals surface area contributed by atoms with Gasteiger partial charge in [0.25, 0.3) is 0 Å². The molecule has 0 aromatic heterocycles. The second kappa shape index (κ2) is 20.2. The van der Waals surface area contributed by atoms with Gasteiger partial charge in [-0.1, -0.05) is 135 Å². The zero-order chi connectivity index (χ0) is 24.9. The molecule has 0 atom stereocenters. The minimum atomic E-state index is -4.27. The lowest BCUT2D eigenvalue weighted by molar-refractivity contribution is -0.137. The average Bonchev–Trinajstić information content (AvgIpc) is 2.81. The molecule has 0 saturated carbocycles. The number of unbranched alkanes of at least 4 members (excludes halogenated alkanes) is 16. The van der Waals surface area contributed by atoms with Gasteiger partial charge >= 0.3 is 6.18 Å². The Labute approximate surface area is 208 Å². The van der Waals surface area contributed by atoms with Crippen molar-refractivity contribution in [3.05, 3.63) is 35.4 Å². The SMILES string of the molecule is CCCCCCCCCCCN(CCCCCCCCCCC)Cc1cccc(C(F)(F)F)c1.